The van der Waals surface area contributed by atoms with Gasteiger partial charge in [-0.15, -0.1) is 0 Å². The predicted octanol–water partition coefficient (Wildman–Crippen LogP) is 3.32. The standard InChI is InChI=1S/C13H17F2N3S/c1-17(2)7-3-4-8-18-12-10(16-13(18)19)6-5-9(14)11(12)15/h5-6H,3-4,7-8H2,1-2H3,(H,16,19). The minimum absolute atomic E-state index is 0.231. The van der Waals surface area contributed by atoms with E-state index in [0.717, 1.165) is 25.5 Å². The normalized spacial score (nSPS) is 11.6. The third-order valence-electron chi connectivity index (χ3n) is 3.06. The number of aromatic nitrogens is 2. The lowest BCUT2D eigenvalue weighted by atomic mass is 10.2. The van der Waals surface area contributed by atoms with Crippen LogP contribution in [0.4, 0.5) is 8.78 Å². The van der Waals surface area contributed by atoms with E-state index in [1.165, 1.54) is 6.07 Å². The van der Waals surface area contributed by atoms with Crippen molar-refractivity contribution in [1.82, 2.24) is 14.5 Å². The molecule has 0 aliphatic carbocycles. The molecule has 0 fully saturated rings. The van der Waals surface area contributed by atoms with E-state index in [-0.39, 0.29) is 5.52 Å². The first-order chi connectivity index (χ1) is 9.00. The lowest BCUT2D eigenvalue weighted by Crippen LogP contribution is -2.13. The average Bonchev–Trinajstić information content (AvgIpc) is 2.66. The number of hydrogen-bond acceptors (Lipinski definition) is 2. The maximum Gasteiger partial charge on any atom is 0.184 e. The number of fused-ring (bicyclic) bond motifs is 1. The summed E-state index contributed by atoms with van der Waals surface area (Å²) in [5, 5.41) is 0. The molecule has 2 rings (SSSR count). The van der Waals surface area contributed by atoms with E-state index in [1.54, 1.807) is 4.57 Å². The summed E-state index contributed by atoms with van der Waals surface area (Å²) in [7, 11) is 4.01. The molecule has 19 heavy (non-hydrogen) atoms. The first kappa shape index (κ1) is 14.1. The molecule has 0 aliphatic rings. The van der Waals surface area contributed by atoms with Crippen LogP contribution in [-0.4, -0.2) is 35.1 Å². The third-order valence-corrected chi connectivity index (χ3v) is 3.39. The van der Waals surface area contributed by atoms with E-state index in [9.17, 15) is 8.78 Å². The number of benzene rings is 1. The largest absolute Gasteiger partial charge is 0.330 e. The van der Waals surface area contributed by atoms with Gasteiger partial charge in [-0.1, -0.05) is 0 Å². The van der Waals surface area contributed by atoms with Crippen LogP contribution in [-0.2, 0) is 6.54 Å². The van der Waals surface area contributed by atoms with Crippen LogP contribution in [0.2, 0.25) is 0 Å². The fraction of sp³-hybridized carbons (Fsp3) is 0.462. The highest BCUT2D eigenvalue weighted by atomic mass is 32.1. The number of H-pyrrole nitrogens is 1. The molecule has 1 heterocycles. The number of rotatable bonds is 5. The SMILES string of the molecule is CN(C)CCCCn1c(=S)[nH]c2ccc(F)c(F)c21. The fourth-order valence-electron chi connectivity index (χ4n) is 2.10. The smallest absolute Gasteiger partial charge is 0.184 e. The van der Waals surface area contributed by atoms with Crippen molar-refractivity contribution >= 4 is 23.3 Å². The molecule has 1 aromatic carbocycles. The van der Waals surface area contributed by atoms with Crippen LogP contribution in [0.5, 0.6) is 0 Å². The molecule has 6 heteroatoms. The molecule has 104 valence electrons. The Labute approximate surface area is 115 Å². The number of unbranched alkanes of at least 4 members (excludes halogenated alkanes) is 1. The zero-order chi connectivity index (χ0) is 14.0. The first-order valence-electron chi connectivity index (χ1n) is 6.22. The summed E-state index contributed by atoms with van der Waals surface area (Å²) in [6.07, 6.45) is 1.85. The van der Waals surface area contributed by atoms with Crippen LogP contribution < -0.4 is 0 Å². The molecule has 0 bridgehead atoms. The van der Waals surface area contributed by atoms with E-state index in [0.29, 0.717) is 16.8 Å². The molecule has 1 N–H and O–H groups in total. The zero-order valence-electron chi connectivity index (χ0n) is 11.0. The average molecular weight is 285 g/mol. The topological polar surface area (TPSA) is 24.0 Å². The van der Waals surface area contributed by atoms with Crippen molar-refractivity contribution in [3.63, 3.8) is 0 Å². The molecule has 2 aromatic rings. The highest BCUT2D eigenvalue weighted by molar-refractivity contribution is 7.71. The summed E-state index contributed by atoms with van der Waals surface area (Å²) < 4.78 is 29.2. The summed E-state index contributed by atoms with van der Waals surface area (Å²) in [6.45, 7) is 1.56. The van der Waals surface area contributed by atoms with Crippen LogP contribution >= 0.6 is 12.2 Å². The van der Waals surface area contributed by atoms with Crippen LogP contribution in [0.3, 0.4) is 0 Å². The zero-order valence-corrected chi connectivity index (χ0v) is 11.9. The van der Waals surface area contributed by atoms with Gasteiger partial charge in [0.15, 0.2) is 16.4 Å². The summed E-state index contributed by atoms with van der Waals surface area (Å²) in [6, 6.07) is 2.62. The lowest BCUT2D eigenvalue weighted by molar-refractivity contribution is 0.388. The molecule has 0 saturated heterocycles. The predicted molar refractivity (Wildman–Crippen MR) is 74.8 cm³/mol. The highest BCUT2D eigenvalue weighted by Gasteiger charge is 2.13. The van der Waals surface area contributed by atoms with Gasteiger partial charge >= 0.3 is 0 Å². The van der Waals surface area contributed by atoms with E-state index < -0.39 is 11.6 Å². The summed E-state index contributed by atoms with van der Waals surface area (Å²) in [4.78, 5) is 5.00. The van der Waals surface area contributed by atoms with Gasteiger partial charge in [0.05, 0.1) is 5.52 Å². The molecule has 0 saturated carbocycles. The van der Waals surface area contributed by atoms with Gasteiger partial charge in [-0.2, -0.15) is 0 Å². The van der Waals surface area contributed by atoms with Crippen molar-refractivity contribution in [3.8, 4) is 0 Å². The second kappa shape index (κ2) is 5.79. The molecule has 0 spiro atoms. The van der Waals surface area contributed by atoms with E-state index >= 15 is 0 Å². The van der Waals surface area contributed by atoms with Gasteiger partial charge in [0.25, 0.3) is 0 Å². The molecule has 0 unspecified atom stereocenters. The minimum atomic E-state index is -0.844. The fourth-order valence-corrected chi connectivity index (χ4v) is 2.39. The van der Waals surface area contributed by atoms with Crippen molar-refractivity contribution in [2.45, 2.75) is 19.4 Å². The Morgan fingerprint density at radius 1 is 1.26 bits per heavy atom. The second-order valence-corrected chi connectivity index (χ2v) is 5.24. The maximum atomic E-state index is 13.8. The number of aromatic amines is 1. The maximum absolute atomic E-state index is 13.8. The Balaban J connectivity index is 2.25. The van der Waals surface area contributed by atoms with Crippen molar-refractivity contribution < 1.29 is 8.78 Å². The summed E-state index contributed by atoms with van der Waals surface area (Å²) in [5.74, 6) is -1.68. The van der Waals surface area contributed by atoms with Crippen molar-refractivity contribution in [2.24, 2.45) is 0 Å². The Morgan fingerprint density at radius 3 is 2.68 bits per heavy atom. The number of aryl methyl sites for hydroxylation is 1. The van der Waals surface area contributed by atoms with Crippen molar-refractivity contribution in [1.29, 1.82) is 0 Å². The molecule has 1 aromatic heterocycles. The van der Waals surface area contributed by atoms with Crippen LogP contribution in [0.25, 0.3) is 11.0 Å². The number of halogens is 2. The van der Waals surface area contributed by atoms with Gasteiger partial charge in [-0.25, -0.2) is 8.78 Å². The van der Waals surface area contributed by atoms with Gasteiger partial charge in [0.1, 0.15) is 5.52 Å². The summed E-state index contributed by atoms with van der Waals surface area (Å²) >= 11 is 5.16. The molecule has 3 nitrogen and oxygen atoms in total. The number of nitrogens with one attached hydrogen (secondary N) is 1. The van der Waals surface area contributed by atoms with Gasteiger partial charge in [0.2, 0.25) is 0 Å². The molecule has 0 amide bonds. The van der Waals surface area contributed by atoms with Crippen LogP contribution in [0.15, 0.2) is 12.1 Å². The molecular weight excluding hydrogens is 268 g/mol. The number of hydrogen-bond donors (Lipinski definition) is 1. The van der Waals surface area contributed by atoms with E-state index in [2.05, 4.69) is 9.88 Å². The lowest BCUT2D eigenvalue weighted by Gasteiger charge is -2.09. The Kier molecular flexibility index (Phi) is 4.31. The molecular formula is C13H17F2N3S. The monoisotopic (exact) mass is 285 g/mol. The van der Waals surface area contributed by atoms with Gasteiger partial charge in [-0.05, 0) is 57.8 Å². The Hall–Kier alpha value is -1.27. The number of nitrogens with zero attached hydrogens (tertiary/aromatic N) is 2. The van der Waals surface area contributed by atoms with Gasteiger partial charge < -0.3 is 14.5 Å². The third kappa shape index (κ3) is 3.01. The van der Waals surface area contributed by atoms with Crippen LogP contribution in [0, 0.1) is 16.4 Å². The molecule has 0 atom stereocenters. The first-order valence-corrected chi connectivity index (χ1v) is 6.63. The van der Waals surface area contributed by atoms with Crippen LogP contribution in [0.1, 0.15) is 12.8 Å². The van der Waals surface area contributed by atoms with Crippen molar-refractivity contribution in [3.05, 3.63) is 28.5 Å². The second-order valence-electron chi connectivity index (χ2n) is 4.85. The van der Waals surface area contributed by atoms with Gasteiger partial charge in [-0.3, -0.25) is 0 Å². The summed E-state index contributed by atoms with van der Waals surface area (Å²) in [5.41, 5.74) is 0.770. The number of imidazole rings is 1. The minimum Gasteiger partial charge on any atom is -0.330 e. The van der Waals surface area contributed by atoms with E-state index in [1.807, 2.05) is 14.1 Å². The Bertz CT molecular complexity index is 631. The van der Waals surface area contributed by atoms with Crippen molar-refractivity contribution in [2.75, 3.05) is 20.6 Å². The quantitative estimate of drug-likeness (QED) is 0.673. The molecule has 0 aliphatic heterocycles. The Morgan fingerprint density at radius 2 is 2.00 bits per heavy atom. The van der Waals surface area contributed by atoms with E-state index in [4.69, 9.17) is 12.2 Å². The van der Waals surface area contributed by atoms with Gasteiger partial charge in [0, 0.05) is 6.54 Å². The molecule has 0 radical (unpaired) electrons. The highest BCUT2D eigenvalue weighted by Crippen LogP contribution is 2.20.